The van der Waals surface area contributed by atoms with Crippen LogP contribution in [0.4, 0.5) is 4.39 Å². The van der Waals surface area contributed by atoms with E-state index in [0.29, 0.717) is 11.3 Å². The van der Waals surface area contributed by atoms with Crippen molar-refractivity contribution in [1.29, 1.82) is 0 Å². The number of halogens is 1. The summed E-state index contributed by atoms with van der Waals surface area (Å²) in [4.78, 5) is 10.9. The number of esters is 1. The van der Waals surface area contributed by atoms with Crippen LogP contribution in [0.1, 0.15) is 0 Å². The van der Waals surface area contributed by atoms with E-state index in [1.54, 1.807) is 36.4 Å². The first kappa shape index (κ1) is 18.1. The van der Waals surface area contributed by atoms with Gasteiger partial charge in [-0.15, -0.1) is 0 Å². The maximum Gasteiger partial charge on any atom is 0.333 e. The van der Waals surface area contributed by atoms with E-state index in [1.807, 2.05) is 0 Å². The normalized spacial score (nSPS) is 9.84. The molecule has 0 bridgehead atoms. The smallest absolute Gasteiger partial charge is 0.333 e. The molecule has 0 heterocycles. The average Bonchev–Trinajstić information content (AvgIpc) is 2.62. The molecule has 0 N–H and O–H groups in total. The molecule has 0 spiro atoms. The number of carbonyl (C=O) groups excluding carboxylic acids is 1. The van der Waals surface area contributed by atoms with Gasteiger partial charge in [0.15, 0.2) is 11.6 Å². The molecular weight excluding hydrogens is 327 g/mol. The van der Waals surface area contributed by atoms with E-state index in [-0.39, 0.29) is 18.5 Å². The van der Waals surface area contributed by atoms with Gasteiger partial charge in [0.1, 0.15) is 5.75 Å². The second-order valence-corrected chi connectivity index (χ2v) is 4.78. The average molecular weight is 344 g/mol. The summed E-state index contributed by atoms with van der Waals surface area (Å²) in [5.74, 6) is -0.410. The third-order valence-electron chi connectivity index (χ3n) is 3.16. The molecule has 0 radical (unpaired) electrons. The van der Waals surface area contributed by atoms with Crippen molar-refractivity contribution in [2.45, 2.75) is 0 Å². The molecule has 2 aromatic rings. The van der Waals surface area contributed by atoms with Gasteiger partial charge in [-0.2, -0.15) is 0 Å². The van der Waals surface area contributed by atoms with Gasteiger partial charge in [-0.25, -0.2) is 9.18 Å². The third kappa shape index (κ3) is 5.10. The van der Waals surface area contributed by atoms with Crippen molar-refractivity contribution >= 4 is 5.97 Å². The molecule has 5 nitrogen and oxygen atoms in total. The Kier molecular flexibility index (Phi) is 6.17. The topological polar surface area (TPSA) is 54.0 Å². The largest absolute Gasteiger partial charge is 0.494 e. The number of rotatable bonds is 8. The van der Waals surface area contributed by atoms with Crippen LogP contribution in [0.25, 0.3) is 11.1 Å². The van der Waals surface area contributed by atoms with Gasteiger partial charge in [-0.1, -0.05) is 24.8 Å². The quantitative estimate of drug-likeness (QED) is 0.313. The number of benzene rings is 2. The van der Waals surface area contributed by atoms with Gasteiger partial charge >= 0.3 is 5.97 Å². The summed E-state index contributed by atoms with van der Waals surface area (Å²) in [5.41, 5.74) is 1.51. The Hall–Kier alpha value is -3.28. The lowest BCUT2D eigenvalue weighted by Crippen LogP contribution is -2.07. The molecule has 130 valence electrons. The van der Waals surface area contributed by atoms with Crippen molar-refractivity contribution in [2.75, 3.05) is 13.9 Å². The summed E-state index contributed by atoms with van der Waals surface area (Å²) in [6.07, 6.45) is 1.02. The van der Waals surface area contributed by atoms with Gasteiger partial charge in [0, 0.05) is 6.08 Å². The Balaban J connectivity index is 1.95. The van der Waals surface area contributed by atoms with Crippen molar-refractivity contribution in [1.82, 2.24) is 0 Å². The van der Waals surface area contributed by atoms with E-state index in [0.717, 1.165) is 11.6 Å². The van der Waals surface area contributed by atoms with Crippen LogP contribution >= 0.6 is 0 Å². The summed E-state index contributed by atoms with van der Waals surface area (Å²) < 4.78 is 33.7. The number of hydrogen-bond donors (Lipinski definition) is 0. The van der Waals surface area contributed by atoms with E-state index in [4.69, 9.17) is 14.2 Å². The Morgan fingerprint density at radius 3 is 2.40 bits per heavy atom. The Morgan fingerprint density at radius 1 is 1.12 bits per heavy atom. The molecule has 25 heavy (non-hydrogen) atoms. The van der Waals surface area contributed by atoms with Gasteiger partial charge < -0.3 is 18.9 Å². The summed E-state index contributed by atoms with van der Waals surface area (Å²) in [6.45, 7) is 6.49. The van der Waals surface area contributed by atoms with Crippen LogP contribution in [0.2, 0.25) is 0 Å². The van der Waals surface area contributed by atoms with Crippen LogP contribution in [-0.4, -0.2) is 19.9 Å². The van der Waals surface area contributed by atoms with E-state index in [9.17, 15) is 9.18 Å². The van der Waals surface area contributed by atoms with Crippen molar-refractivity contribution in [3.05, 3.63) is 73.5 Å². The molecule has 0 aliphatic carbocycles. The van der Waals surface area contributed by atoms with E-state index in [1.165, 1.54) is 13.2 Å². The van der Waals surface area contributed by atoms with E-state index >= 15 is 0 Å². The molecule has 0 aliphatic rings. The third-order valence-corrected chi connectivity index (χ3v) is 3.16. The number of hydrogen-bond acceptors (Lipinski definition) is 5. The fraction of sp³-hybridized carbons (Fsp3) is 0.105. The molecule has 0 unspecified atom stereocenters. The Labute approximate surface area is 144 Å². The van der Waals surface area contributed by atoms with Gasteiger partial charge in [0.2, 0.25) is 6.79 Å². The summed E-state index contributed by atoms with van der Waals surface area (Å²) in [5, 5.41) is 0. The highest BCUT2D eigenvalue weighted by molar-refractivity contribution is 5.81. The standard InChI is InChI=1S/C19H17FO5/c1-4-19(21)24-12-23-13(2)25-16-8-5-14(6-9-16)15-7-10-18(22-3)17(20)11-15/h4-11H,1-2,12H2,3H3. The van der Waals surface area contributed by atoms with Crippen molar-refractivity contribution in [2.24, 2.45) is 0 Å². The lowest BCUT2D eigenvalue weighted by molar-refractivity contribution is -0.149. The second-order valence-electron chi connectivity index (χ2n) is 4.78. The van der Waals surface area contributed by atoms with Gasteiger partial charge in [-0.05, 0) is 42.0 Å². The maximum atomic E-state index is 13.8. The highest BCUT2D eigenvalue weighted by atomic mass is 19.1. The van der Waals surface area contributed by atoms with Crippen LogP contribution in [0.15, 0.2) is 67.6 Å². The van der Waals surface area contributed by atoms with E-state index in [2.05, 4.69) is 17.9 Å². The molecule has 0 atom stereocenters. The van der Waals surface area contributed by atoms with Crippen LogP contribution in [0.5, 0.6) is 11.5 Å². The minimum Gasteiger partial charge on any atom is -0.494 e. The van der Waals surface area contributed by atoms with Gasteiger partial charge in [0.05, 0.1) is 7.11 Å². The fourth-order valence-electron chi connectivity index (χ4n) is 1.93. The first-order chi connectivity index (χ1) is 12.0. The fourth-order valence-corrected chi connectivity index (χ4v) is 1.93. The molecule has 2 rings (SSSR count). The summed E-state index contributed by atoms with van der Waals surface area (Å²) in [6, 6.07) is 11.6. The predicted molar refractivity (Wildman–Crippen MR) is 90.4 cm³/mol. The molecule has 0 aliphatic heterocycles. The molecular formula is C19H17FO5. The maximum absolute atomic E-state index is 13.8. The summed E-state index contributed by atoms with van der Waals surface area (Å²) in [7, 11) is 1.41. The molecule has 0 amide bonds. The van der Waals surface area contributed by atoms with Gasteiger partial charge in [0.25, 0.3) is 5.95 Å². The molecule has 2 aromatic carbocycles. The Morgan fingerprint density at radius 2 is 1.80 bits per heavy atom. The lowest BCUT2D eigenvalue weighted by Gasteiger charge is -2.11. The minimum atomic E-state index is -0.608. The molecule has 0 fully saturated rings. The van der Waals surface area contributed by atoms with Crippen LogP contribution in [0, 0.1) is 5.82 Å². The van der Waals surface area contributed by atoms with Gasteiger partial charge in [-0.3, -0.25) is 0 Å². The van der Waals surface area contributed by atoms with Crippen LogP contribution in [0.3, 0.4) is 0 Å². The molecule has 0 saturated heterocycles. The first-order valence-electron chi connectivity index (χ1n) is 7.26. The number of ether oxygens (including phenoxy) is 4. The molecule has 6 heteroatoms. The Bertz CT molecular complexity index is 768. The zero-order chi connectivity index (χ0) is 18.2. The number of carbonyl (C=O) groups is 1. The zero-order valence-electron chi connectivity index (χ0n) is 13.7. The highest BCUT2D eigenvalue weighted by Crippen LogP contribution is 2.27. The SMILES string of the molecule is C=CC(=O)OCOC(=C)Oc1ccc(-c2ccc(OC)c(F)c2)cc1. The molecule has 0 aromatic heterocycles. The predicted octanol–water partition coefficient (Wildman–Crippen LogP) is 4.05. The monoisotopic (exact) mass is 344 g/mol. The highest BCUT2D eigenvalue weighted by Gasteiger charge is 2.06. The van der Waals surface area contributed by atoms with E-state index < -0.39 is 11.8 Å². The van der Waals surface area contributed by atoms with Crippen molar-refractivity contribution in [3.8, 4) is 22.6 Å². The van der Waals surface area contributed by atoms with Crippen LogP contribution < -0.4 is 9.47 Å². The minimum absolute atomic E-state index is 0.0277. The van der Waals surface area contributed by atoms with Crippen LogP contribution in [-0.2, 0) is 14.3 Å². The zero-order valence-corrected chi connectivity index (χ0v) is 13.7. The van der Waals surface area contributed by atoms with Crippen molar-refractivity contribution in [3.63, 3.8) is 0 Å². The second kappa shape index (κ2) is 8.54. The summed E-state index contributed by atoms with van der Waals surface area (Å²) >= 11 is 0. The first-order valence-corrected chi connectivity index (χ1v) is 7.26. The number of methoxy groups -OCH3 is 1. The lowest BCUT2D eigenvalue weighted by atomic mass is 10.1. The van der Waals surface area contributed by atoms with Crippen molar-refractivity contribution < 1.29 is 28.1 Å². The molecule has 0 saturated carbocycles.